The average molecular weight is 353 g/mol. The number of hydrogen-bond acceptors (Lipinski definition) is 8. The van der Waals surface area contributed by atoms with Crippen molar-refractivity contribution in [3.8, 4) is 11.5 Å². The molecule has 0 fully saturated rings. The number of fused-ring (bicyclic) bond motifs is 1. The molecule has 0 saturated carbocycles. The van der Waals surface area contributed by atoms with Crippen LogP contribution >= 0.6 is 11.5 Å². The molecule has 0 atom stereocenters. The standard InChI is InChI=1S/C17H19N7S/c1-11-15(25-24-23-11)10-20-16-12-5-8-18-9-6-13(12)21-17(22-16)14-4-2-3-7-19-14/h2-4,7,18H,5-6,8-10H2,1H3,(H,20,21,22). The maximum absolute atomic E-state index is 4.79. The van der Waals surface area contributed by atoms with E-state index < -0.39 is 0 Å². The van der Waals surface area contributed by atoms with Crippen LogP contribution in [0.15, 0.2) is 24.4 Å². The Morgan fingerprint density at radius 3 is 2.92 bits per heavy atom. The molecule has 0 saturated heterocycles. The fraction of sp³-hybridized carbons (Fsp3) is 0.353. The topological polar surface area (TPSA) is 88.5 Å². The molecule has 0 radical (unpaired) electrons. The molecule has 1 aliphatic heterocycles. The van der Waals surface area contributed by atoms with Gasteiger partial charge in [-0.1, -0.05) is 10.6 Å². The third-order valence-electron chi connectivity index (χ3n) is 4.24. The van der Waals surface area contributed by atoms with Crippen molar-refractivity contribution in [3.05, 3.63) is 46.2 Å². The summed E-state index contributed by atoms with van der Waals surface area (Å²) >= 11 is 1.42. The number of rotatable bonds is 4. The number of aryl methyl sites for hydroxylation is 1. The summed E-state index contributed by atoms with van der Waals surface area (Å²) in [6, 6.07) is 5.80. The van der Waals surface area contributed by atoms with E-state index in [0.29, 0.717) is 12.4 Å². The molecule has 0 amide bonds. The van der Waals surface area contributed by atoms with Crippen LogP contribution in [0.4, 0.5) is 5.82 Å². The molecule has 0 aromatic carbocycles. The Labute approximate surface area is 150 Å². The Morgan fingerprint density at radius 2 is 2.12 bits per heavy atom. The Morgan fingerprint density at radius 1 is 1.20 bits per heavy atom. The van der Waals surface area contributed by atoms with Crippen molar-refractivity contribution in [1.29, 1.82) is 0 Å². The Hall–Kier alpha value is -2.45. The third kappa shape index (κ3) is 3.49. The van der Waals surface area contributed by atoms with Crippen molar-refractivity contribution in [1.82, 2.24) is 29.9 Å². The first-order valence-corrected chi connectivity index (χ1v) is 9.12. The van der Waals surface area contributed by atoms with Crippen molar-refractivity contribution in [2.75, 3.05) is 18.4 Å². The number of nitrogens with one attached hydrogen (secondary N) is 2. The van der Waals surface area contributed by atoms with Gasteiger partial charge in [-0.05, 0) is 43.6 Å². The minimum atomic E-state index is 0.669. The molecule has 4 heterocycles. The number of hydrogen-bond donors (Lipinski definition) is 2. The number of aromatic nitrogens is 5. The monoisotopic (exact) mass is 353 g/mol. The molecule has 0 bridgehead atoms. The predicted octanol–water partition coefficient (Wildman–Crippen LogP) is 2.00. The van der Waals surface area contributed by atoms with Crippen molar-refractivity contribution < 1.29 is 0 Å². The van der Waals surface area contributed by atoms with E-state index in [0.717, 1.165) is 53.7 Å². The van der Waals surface area contributed by atoms with Crippen LogP contribution in [0.3, 0.4) is 0 Å². The SMILES string of the molecule is Cc1nnsc1CNc1nc(-c2ccccn2)nc2c1CCNCC2. The molecule has 1 aliphatic rings. The van der Waals surface area contributed by atoms with Gasteiger partial charge >= 0.3 is 0 Å². The van der Waals surface area contributed by atoms with E-state index in [2.05, 4.69) is 25.2 Å². The molecular weight excluding hydrogens is 334 g/mol. The van der Waals surface area contributed by atoms with E-state index in [1.165, 1.54) is 17.1 Å². The molecule has 25 heavy (non-hydrogen) atoms. The van der Waals surface area contributed by atoms with E-state index in [1.807, 2.05) is 25.1 Å². The average Bonchev–Trinajstić information content (AvgIpc) is 2.91. The number of pyridine rings is 1. The van der Waals surface area contributed by atoms with Gasteiger partial charge in [-0.25, -0.2) is 9.97 Å². The zero-order chi connectivity index (χ0) is 17.1. The lowest BCUT2D eigenvalue weighted by molar-refractivity contribution is 0.708. The molecule has 7 nitrogen and oxygen atoms in total. The second kappa shape index (κ2) is 7.20. The van der Waals surface area contributed by atoms with E-state index >= 15 is 0 Å². The van der Waals surface area contributed by atoms with Gasteiger partial charge in [0.05, 0.1) is 22.8 Å². The van der Waals surface area contributed by atoms with Crippen molar-refractivity contribution in [3.63, 3.8) is 0 Å². The second-order valence-electron chi connectivity index (χ2n) is 5.92. The summed E-state index contributed by atoms with van der Waals surface area (Å²) in [5, 5.41) is 11.0. The van der Waals surface area contributed by atoms with E-state index in [4.69, 9.17) is 9.97 Å². The zero-order valence-electron chi connectivity index (χ0n) is 14.0. The Balaban J connectivity index is 1.71. The summed E-state index contributed by atoms with van der Waals surface area (Å²) in [4.78, 5) is 15.1. The predicted molar refractivity (Wildman–Crippen MR) is 97.5 cm³/mol. The molecule has 3 aromatic heterocycles. The van der Waals surface area contributed by atoms with Crippen LogP contribution in [0.1, 0.15) is 21.8 Å². The quantitative estimate of drug-likeness (QED) is 0.741. The van der Waals surface area contributed by atoms with Crippen molar-refractivity contribution >= 4 is 17.4 Å². The molecule has 0 aliphatic carbocycles. The maximum atomic E-state index is 4.79. The van der Waals surface area contributed by atoms with Gasteiger partial charge in [-0.2, -0.15) is 0 Å². The van der Waals surface area contributed by atoms with Crippen LogP contribution in [0.2, 0.25) is 0 Å². The van der Waals surface area contributed by atoms with Crippen LogP contribution in [-0.2, 0) is 19.4 Å². The smallest absolute Gasteiger partial charge is 0.180 e. The summed E-state index contributed by atoms with van der Waals surface area (Å²) in [7, 11) is 0. The largest absolute Gasteiger partial charge is 0.365 e. The molecule has 0 unspecified atom stereocenters. The molecule has 4 rings (SSSR count). The lowest BCUT2D eigenvalue weighted by Gasteiger charge is -2.14. The first-order chi connectivity index (χ1) is 12.3. The fourth-order valence-electron chi connectivity index (χ4n) is 2.88. The first-order valence-electron chi connectivity index (χ1n) is 8.35. The fourth-order valence-corrected chi connectivity index (χ4v) is 3.45. The van der Waals surface area contributed by atoms with Crippen molar-refractivity contribution in [2.24, 2.45) is 0 Å². The van der Waals surface area contributed by atoms with Crippen LogP contribution < -0.4 is 10.6 Å². The van der Waals surface area contributed by atoms with Crippen LogP contribution in [0, 0.1) is 6.92 Å². The van der Waals surface area contributed by atoms with E-state index in [9.17, 15) is 0 Å². The normalized spacial score (nSPS) is 14.0. The summed E-state index contributed by atoms with van der Waals surface area (Å²) < 4.78 is 4.00. The Kier molecular flexibility index (Phi) is 4.62. The maximum Gasteiger partial charge on any atom is 0.180 e. The summed E-state index contributed by atoms with van der Waals surface area (Å²) in [5.41, 5.74) is 4.05. The highest BCUT2D eigenvalue weighted by Gasteiger charge is 2.18. The minimum Gasteiger partial charge on any atom is -0.365 e. The van der Waals surface area contributed by atoms with E-state index in [1.54, 1.807) is 6.20 Å². The van der Waals surface area contributed by atoms with E-state index in [-0.39, 0.29) is 0 Å². The summed E-state index contributed by atoms with van der Waals surface area (Å²) in [5.74, 6) is 1.56. The van der Waals surface area contributed by atoms with Crippen molar-refractivity contribution in [2.45, 2.75) is 26.3 Å². The van der Waals surface area contributed by atoms with Crippen LogP contribution in [0.5, 0.6) is 0 Å². The zero-order valence-corrected chi connectivity index (χ0v) is 14.8. The third-order valence-corrected chi connectivity index (χ3v) is 5.06. The summed E-state index contributed by atoms with van der Waals surface area (Å²) in [6.45, 7) is 4.52. The van der Waals surface area contributed by atoms with Crippen LogP contribution in [-0.4, -0.2) is 37.6 Å². The highest BCUT2D eigenvalue weighted by molar-refractivity contribution is 7.05. The lowest BCUT2D eigenvalue weighted by Crippen LogP contribution is -2.16. The van der Waals surface area contributed by atoms with Gasteiger partial charge in [-0.3, -0.25) is 4.98 Å². The number of anilines is 1. The highest BCUT2D eigenvalue weighted by Crippen LogP contribution is 2.24. The Bertz CT molecular complexity index is 863. The van der Waals surface area contributed by atoms with Crippen LogP contribution in [0.25, 0.3) is 11.5 Å². The molecule has 128 valence electrons. The van der Waals surface area contributed by atoms with Gasteiger partial charge in [0.15, 0.2) is 5.82 Å². The minimum absolute atomic E-state index is 0.669. The first kappa shape index (κ1) is 16.0. The van der Waals surface area contributed by atoms with Gasteiger partial charge < -0.3 is 10.6 Å². The van der Waals surface area contributed by atoms with Gasteiger partial charge in [0.25, 0.3) is 0 Å². The van der Waals surface area contributed by atoms with Gasteiger partial charge in [0.1, 0.15) is 11.5 Å². The second-order valence-corrected chi connectivity index (χ2v) is 6.76. The van der Waals surface area contributed by atoms with Gasteiger partial charge in [0, 0.05) is 24.7 Å². The lowest BCUT2D eigenvalue weighted by atomic mass is 10.1. The highest BCUT2D eigenvalue weighted by atomic mass is 32.1. The van der Waals surface area contributed by atoms with Gasteiger partial charge in [-0.15, -0.1) is 5.10 Å². The summed E-state index contributed by atoms with van der Waals surface area (Å²) in [6.07, 6.45) is 3.58. The van der Waals surface area contributed by atoms with Gasteiger partial charge in [0.2, 0.25) is 0 Å². The molecule has 3 aromatic rings. The number of nitrogens with zero attached hydrogens (tertiary/aromatic N) is 5. The molecule has 2 N–H and O–H groups in total. The molecular formula is C17H19N7S. The molecule has 8 heteroatoms. The molecule has 0 spiro atoms.